The van der Waals surface area contributed by atoms with Crippen LogP contribution in [-0.4, -0.2) is 64.4 Å². The Morgan fingerprint density at radius 3 is 2.75 bits per heavy atom. The molecular weight excluding hydrogens is 449 g/mol. The molecule has 1 amide bonds. The van der Waals surface area contributed by atoms with E-state index in [0.717, 1.165) is 35.4 Å². The standard InChI is InChI=1S/C19H22N2O3S.C2HF3O2/c1-14-4-8-25-17(14)18(22)21-7-5-19(13-21)9-16(12-24-19)23-11-15-3-2-6-20-10-15;3-2(4,5)1(6)7/h2-4,6,8,10,16H,5,7,9,11-13H2,1H3;(H,6,7)/t16-,19+;/m1./s1. The van der Waals surface area contributed by atoms with Crippen LogP contribution in [0.1, 0.15) is 33.6 Å². The number of carbonyl (C=O) groups is 2. The van der Waals surface area contributed by atoms with Crippen molar-refractivity contribution in [3.8, 4) is 0 Å². The Bertz CT molecular complexity index is 937. The number of aryl methyl sites for hydroxylation is 1. The van der Waals surface area contributed by atoms with Gasteiger partial charge in [-0.2, -0.15) is 13.2 Å². The summed E-state index contributed by atoms with van der Waals surface area (Å²) in [5, 5.41) is 9.10. The third kappa shape index (κ3) is 6.05. The van der Waals surface area contributed by atoms with Gasteiger partial charge in [-0.15, -0.1) is 11.3 Å². The van der Waals surface area contributed by atoms with E-state index in [9.17, 15) is 18.0 Å². The molecule has 32 heavy (non-hydrogen) atoms. The Kier molecular flexibility index (Phi) is 7.52. The Morgan fingerprint density at radius 1 is 1.41 bits per heavy atom. The van der Waals surface area contributed by atoms with Crippen LogP contribution in [0.5, 0.6) is 0 Å². The Hall–Kier alpha value is -2.50. The minimum atomic E-state index is -5.08. The van der Waals surface area contributed by atoms with Crippen molar-refractivity contribution in [1.29, 1.82) is 0 Å². The predicted octanol–water partition coefficient (Wildman–Crippen LogP) is 3.68. The largest absolute Gasteiger partial charge is 0.490 e. The normalized spacial score (nSPS) is 22.6. The molecule has 2 aliphatic rings. The summed E-state index contributed by atoms with van der Waals surface area (Å²) < 4.78 is 43.8. The first-order valence-corrected chi connectivity index (χ1v) is 10.8. The molecule has 0 saturated carbocycles. The molecule has 7 nitrogen and oxygen atoms in total. The lowest BCUT2D eigenvalue weighted by atomic mass is 9.98. The van der Waals surface area contributed by atoms with Crippen molar-refractivity contribution in [2.75, 3.05) is 19.7 Å². The van der Waals surface area contributed by atoms with Crippen molar-refractivity contribution >= 4 is 23.2 Å². The molecule has 2 fully saturated rings. The van der Waals surface area contributed by atoms with Gasteiger partial charge in [-0.1, -0.05) is 6.07 Å². The number of aromatic nitrogens is 1. The fourth-order valence-corrected chi connectivity index (χ4v) is 4.54. The smallest absolute Gasteiger partial charge is 0.475 e. The number of carboxylic acids is 1. The van der Waals surface area contributed by atoms with Crippen molar-refractivity contribution in [2.24, 2.45) is 0 Å². The number of halogens is 3. The molecule has 4 rings (SSSR count). The third-order valence-corrected chi connectivity index (χ3v) is 6.29. The SMILES string of the molecule is Cc1ccsc1C(=O)N1CC[C@]2(C[C@@H](OCc3cccnc3)CO2)C1.O=C(O)C(F)(F)F. The van der Waals surface area contributed by atoms with Gasteiger partial charge in [-0.25, -0.2) is 4.79 Å². The van der Waals surface area contributed by atoms with E-state index in [4.69, 9.17) is 19.4 Å². The Balaban J connectivity index is 0.000000360. The van der Waals surface area contributed by atoms with Crippen LogP contribution in [0.15, 0.2) is 36.0 Å². The Labute approximate surface area is 186 Å². The van der Waals surface area contributed by atoms with E-state index in [-0.39, 0.29) is 17.6 Å². The van der Waals surface area contributed by atoms with Gasteiger partial charge in [-0.05, 0) is 42.0 Å². The van der Waals surface area contributed by atoms with E-state index in [0.29, 0.717) is 19.8 Å². The van der Waals surface area contributed by atoms with E-state index in [2.05, 4.69) is 4.98 Å². The van der Waals surface area contributed by atoms with Crippen molar-refractivity contribution < 1.29 is 37.3 Å². The zero-order valence-electron chi connectivity index (χ0n) is 17.3. The summed E-state index contributed by atoms with van der Waals surface area (Å²) in [7, 11) is 0. The summed E-state index contributed by atoms with van der Waals surface area (Å²) in [6, 6.07) is 5.92. The number of carbonyl (C=O) groups excluding carboxylic acids is 1. The third-order valence-electron chi connectivity index (χ3n) is 5.29. The molecule has 4 heterocycles. The van der Waals surface area contributed by atoms with Crippen LogP contribution in [0, 0.1) is 6.92 Å². The highest BCUT2D eigenvalue weighted by atomic mass is 32.1. The quantitative estimate of drug-likeness (QED) is 0.731. The van der Waals surface area contributed by atoms with Crippen LogP contribution < -0.4 is 0 Å². The maximum Gasteiger partial charge on any atom is 0.490 e. The number of thiophene rings is 1. The zero-order valence-corrected chi connectivity index (χ0v) is 18.1. The van der Waals surface area contributed by atoms with Gasteiger partial charge in [0.15, 0.2) is 0 Å². The summed E-state index contributed by atoms with van der Waals surface area (Å²) in [5.41, 5.74) is 1.89. The van der Waals surface area contributed by atoms with Crippen LogP contribution >= 0.6 is 11.3 Å². The van der Waals surface area contributed by atoms with Crippen molar-refractivity contribution in [1.82, 2.24) is 9.88 Å². The second kappa shape index (κ2) is 9.97. The highest BCUT2D eigenvalue weighted by molar-refractivity contribution is 7.12. The van der Waals surface area contributed by atoms with E-state index in [1.807, 2.05) is 41.6 Å². The van der Waals surface area contributed by atoms with E-state index < -0.39 is 12.1 Å². The monoisotopic (exact) mass is 472 g/mol. The average Bonchev–Trinajstić information content (AvgIpc) is 3.47. The number of ether oxygens (including phenoxy) is 2. The number of hydrogen-bond donors (Lipinski definition) is 1. The van der Waals surface area contributed by atoms with Crippen LogP contribution in [0.2, 0.25) is 0 Å². The molecule has 2 aliphatic heterocycles. The molecule has 0 aliphatic carbocycles. The summed E-state index contributed by atoms with van der Waals surface area (Å²) in [6.45, 7) is 4.56. The molecule has 1 spiro atoms. The Morgan fingerprint density at radius 2 is 2.16 bits per heavy atom. The topological polar surface area (TPSA) is 89.0 Å². The van der Waals surface area contributed by atoms with E-state index in [1.165, 1.54) is 11.3 Å². The number of nitrogens with zero attached hydrogens (tertiary/aromatic N) is 2. The number of aliphatic carboxylic acids is 1. The predicted molar refractivity (Wildman–Crippen MR) is 109 cm³/mol. The van der Waals surface area contributed by atoms with Gasteiger partial charge in [0.05, 0.1) is 36.3 Å². The fourth-order valence-electron chi connectivity index (χ4n) is 3.64. The van der Waals surface area contributed by atoms with Crippen LogP contribution in [0.25, 0.3) is 0 Å². The molecule has 2 aromatic rings. The summed E-state index contributed by atoms with van der Waals surface area (Å²) >= 11 is 1.52. The highest BCUT2D eigenvalue weighted by Gasteiger charge is 2.47. The number of pyridine rings is 1. The van der Waals surface area contributed by atoms with Crippen LogP contribution in [0.4, 0.5) is 13.2 Å². The average molecular weight is 472 g/mol. The number of rotatable bonds is 4. The zero-order chi connectivity index (χ0) is 23.4. The molecule has 0 aromatic carbocycles. The van der Waals surface area contributed by atoms with Crippen LogP contribution in [0.3, 0.4) is 0 Å². The number of amides is 1. The maximum atomic E-state index is 12.7. The molecule has 2 saturated heterocycles. The minimum Gasteiger partial charge on any atom is -0.475 e. The maximum absolute atomic E-state index is 12.7. The van der Waals surface area contributed by atoms with Gasteiger partial charge in [-0.3, -0.25) is 9.78 Å². The van der Waals surface area contributed by atoms with Crippen molar-refractivity contribution in [3.63, 3.8) is 0 Å². The van der Waals surface area contributed by atoms with Gasteiger partial charge in [0.2, 0.25) is 0 Å². The number of carboxylic acid groups (broad SMARTS) is 1. The molecule has 11 heteroatoms. The first kappa shape index (κ1) is 24.1. The lowest BCUT2D eigenvalue weighted by Gasteiger charge is -2.23. The lowest BCUT2D eigenvalue weighted by molar-refractivity contribution is -0.192. The molecule has 174 valence electrons. The second-order valence-electron chi connectivity index (χ2n) is 7.70. The molecule has 2 aromatic heterocycles. The second-order valence-corrected chi connectivity index (χ2v) is 8.62. The highest BCUT2D eigenvalue weighted by Crippen LogP contribution is 2.37. The van der Waals surface area contributed by atoms with E-state index in [1.54, 1.807) is 6.20 Å². The molecular formula is C21H23F3N2O5S. The summed E-state index contributed by atoms with van der Waals surface area (Å²) in [5.74, 6) is -2.62. The minimum absolute atomic E-state index is 0.0822. The van der Waals surface area contributed by atoms with E-state index >= 15 is 0 Å². The molecule has 0 unspecified atom stereocenters. The number of alkyl halides is 3. The van der Waals surface area contributed by atoms with Crippen molar-refractivity contribution in [3.05, 3.63) is 52.0 Å². The summed E-state index contributed by atoms with van der Waals surface area (Å²) in [6.07, 6.45) is 0.316. The first-order chi connectivity index (χ1) is 15.1. The first-order valence-electron chi connectivity index (χ1n) is 9.88. The van der Waals surface area contributed by atoms with Gasteiger partial charge >= 0.3 is 12.1 Å². The van der Waals surface area contributed by atoms with Crippen LogP contribution in [-0.2, 0) is 20.9 Å². The van der Waals surface area contributed by atoms with Gasteiger partial charge in [0, 0.05) is 25.4 Å². The molecule has 0 bridgehead atoms. The molecule has 0 radical (unpaired) electrons. The molecule has 1 N–H and O–H groups in total. The number of hydrogen-bond acceptors (Lipinski definition) is 6. The lowest BCUT2D eigenvalue weighted by Crippen LogP contribution is -2.36. The van der Waals surface area contributed by atoms with Gasteiger partial charge in [0.1, 0.15) is 0 Å². The molecule has 2 atom stereocenters. The van der Waals surface area contributed by atoms with Gasteiger partial charge < -0.3 is 19.5 Å². The summed E-state index contributed by atoms with van der Waals surface area (Å²) in [4.78, 5) is 28.5. The van der Waals surface area contributed by atoms with Gasteiger partial charge in [0.25, 0.3) is 5.91 Å². The fraction of sp³-hybridized carbons (Fsp3) is 0.476. The van der Waals surface area contributed by atoms with Crippen molar-refractivity contribution in [2.45, 2.75) is 44.3 Å². The number of likely N-dealkylation sites (tertiary alicyclic amines) is 1.